The number of nitrogens with two attached hydrogens (primary N) is 2. The summed E-state index contributed by atoms with van der Waals surface area (Å²) in [7, 11) is 0. The molecule has 2 aliphatic heterocycles. The molecule has 184 valence electrons. The van der Waals surface area contributed by atoms with Crippen LogP contribution in [-0.4, -0.2) is 49.7 Å². The molecule has 0 bridgehead atoms. The zero-order valence-corrected chi connectivity index (χ0v) is 20.0. The lowest BCUT2D eigenvalue weighted by Gasteiger charge is -2.42. The van der Waals surface area contributed by atoms with Gasteiger partial charge in [0.2, 0.25) is 5.95 Å². The van der Waals surface area contributed by atoms with E-state index in [2.05, 4.69) is 39.2 Å². The van der Waals surface area contributed by atoms with Crippen LogP contribution < -0.4 is 21.3 Å². The van der Waals surface area contributed by atoms with Crippen molar-refractivity contribution in [2.75, 3.05) is 35.2 Å². The number of aryl methyl sites for hydroxylation is 1. The molecule has 1 aliphatic carbocycles. The molecule has 10 nitrogen and oxygen atoms in total. The number of amides is 1. The molecule has 7 rings (SSSR count). The summed E-state index contributed by atoms with van der Waals surface area (Å²) in [6, 6.07) is 10.5. The minimum absolute atomic E-state index is 0.0557. The summed E-state index contributed by atoms with van der Waals surface area (Å²) in [6.07, 6.45) is 9.07. The van der Waals surface area contributed by atoms with E-state index in [0.29, 0.717) is 17.8 Å². The predicted octanol–water partition coefficient (Wildman–Crippen LogP) is 2.40. The lowest BCUT2D eigenvalue weighted by atomic mass is 9.73. The Bertz CT molecular complexity index is 1480. The van der Waals surface area contributed by atoms with Crippen molar-refractivity contribution in [2.45, 2.75) is 38.3 Å². The fraction of sp³-hybridized carbons (Fsp3) is 0.385. The first-order valence-electron chi connectivity index (χ1n) is 12.6. The Morgan fingerprint density at radius 3 is 2.72 bits per heavy atom. The molecule has 10 heteroatoms. The van der Waals surface area contributed by atoms with E-state index < -0.39 is 0 Å². The van der Waals surface area contributed by atoms with E-state index in [1.54, 1.807) is 17.3 Å². The summed E-state index contributed by atoms with van der Waals surface area (Å²) in [6.45, 7) is 3.04. The number of benzene rings is 1. The molecule has 1 amide bonds. The lowest BCUT2D eigenvalue weighted by Crippen LogP contribution is -2.45. The molecule has 0 saturated carbocycles. The molecule has 0 radical (unpaired) electrons. The highest BCUT2D eigenvalue weighted by molar-refractivity contribution is 6.12. The van der Waals surface area contributed by atoms with E-state index in [9.17, 15) is 4.79 Å². The van der Waals surface area contributed by atoms with Crippen molar-refractivity contribution < 1.29 is 4.79 Å². The van der Waals surface area contributed by atoms with E-state index >= 15 is 0 Å². The molecular weight excluding hydrogens is 454 g/mol. The van der Waals surface area contributed by atoms with E-state index in [1.165, 1.54) is 11.1 Å². The number of anilines is 3. The summed E-state index contributed by atoms with van der Waals surface area (Å²) in [5.41, 5.74) is 16.8. The van der Waals surface area contributed by atoms with E-state index in [0.717, 1.165) is 57.1 Å². The van der Waals surface area contributed by atoms with Gasteiger partial charge in [0.15, 0.2) is 5.65 Å². The predicted molar refractivity (Wildman–Crippen MR) is 137 cm³/mol. The van der Waals surface area contributed by atoms with Crippen molar-refractivity contribution in [1.29, 1.82) is 0 Å². The maximum absolute atomic E-state index is 13.7. The van der Waals surface area contributed by atoms with Gasteiger partial charge in [0.25, 0.3) is 5.91 Å². The van der Waals surface area contributed by atoms with Crippen LogP contribution in [0.25, 0.3) is 5.65 Å². The van der Waals surface area contributed by atoms with Gasteiger partial charge in [-0.25, -0.2) is 9.67 Å². The topological polar surface area (TPSA) is 124 Å². The Hall–Kier alpha value is -3.92. The Morgan fingerprint density at radius 2 is 1.89 bits per heavy atom. The van der Waals surface area contributed by atoms with Crippen molar-refractivity contribution in [3.8, 4) is 0 Å². The van der Waals surface area contributed by atoms with Gasteiger partial charge in [0.1, 0.15) is 17.2 Å². The molecule has 3 aliphatic rings. The fourth-order valence-corrected chi connectivity index (χ4v) is 6.43. The average molecular weight is 484 g/mol. The fourth-order valence-electron chi connectivity index (χ4n) is 6.43. The zero-order chi connectivity index (χ0) is 24.4. The van der Waals surface area contributed by atoms with Crippen LogP contribution in [-0.2, 0) is 13.0 Å². The van der Waals surface area contributed by atoms with Gasteiger partial charge in [-0.2, -0.15) is 10.1 Å². The van der Waals surface area contributed by atoms with Crippen molar-refractivity contribution in [2.24, 2.45) is 11.1 Å². The summed E-state index contributed by atoms with van der Waals surface area (Å²) < 4.78 is 3.74. The van der Waals surface area contributed by atoms with Gasteiger partial charge < -0.3 is 16.4 Å². The van der Waals surface area contributed by atoms with Crippen LogP contribution in [0.2, 0.25) is 0 Å². The van der Waals surface area contributed by atoms with Crippen molar-refractivity contribution in [3.63, 3.8) is 0 Å². The quantitative estimate of drug-likeness (QED) is 0.449. The molecule has 36 heavy (non-hydrogen) atoms. The van der Waals surface area contributed by atoms with Crippen LogP contribution in [0.15, 0.2) is 48.9 Å². The third kappa shape index (κ3) is 3.00. The number of carbonyl (C=O) groups is 1. The number of hydrogen-bond acceptors (Lipinski definition) is 7. The van der Waals surface area contributed by atoms with Gasteiger partial charge in [-0.3, -0.25) is 14.1 Å². The highest BCUT2D eigenvalue weighted by Crippen LogP contribution is 2.51. The molecule has 4 N–H and O–H groups in total. The summed E-state index contributed by atoms with van der Waals surface area (Å²) in [4.78, 5) is 26.9. The number of imidazole rings is 1. The van der Waals surface area contributed by atoms with E-state index in [1.807, 2.05) is 21.3 Å². The highest BCUT2D eigenvalue weighted by atomic mass is 16.2. The Balaban J connectivity index is 1.19. The van der Waals surface area contributed by atoms with E-state index in [4.69, 9.17) is 16.5 Å². The standard InChI is InChI=1S/C26H29N9O/c27-21-18-5-2-1-4-17(18)16-26(21)7-13-32(14-8-26)25-31-22(28)20(23-29-10-15-34(23)25)24(36)33-11-3-12-35-19(33)6-9-30-35/h1-2,4-6,9-10,15,21H,3,7-8,11-14,16,27-28H2. The molecule has 1 unspecified atom stereocenters. The first kappa shape index (κ1) is 21.4. The monoisotopic (exact) mass is 483 g/mol. The minimum Gasteiger partial charge on any atom is -0.383 e. The number of fused-ring (bicyclic) bond motifs is 3. The molecule has 1 atom stereocenters. The number of hydrogen-bond donors (Lipinski definition) is 2. The number of aromatic nitrogens is 5. The third-order valence-corrected chi connectivity index (χ3v) is 8.37. The molecule has 1 saturated heterocycles. The van der Waals surface area contributed by atoms with Gasteiger partial charge in [-0.15, -0.1) is 0 Å². The van der Waals surface area contributed by atoms with Gasteiger partial charge >= 0.3 is 0 Å². The maximum atomic E-state index is 13.7. The van der Waals surface area contributed by atoms with Crippen molar-refractivity contribution in [3.05, 3.63) is 65.6 Å². The molecular formula is C26H29N9O. The Morgan fingerprint density at radius 1 is 1.06 bits per heavy atom. The summed E-state index contributed by atoms with van der Waals surface area (Å²) in [5, 5.41) is 4.32. The van der Waals surface area contributed by atoms with Crippen LogP contribution in [0.1, 0.15) is 46.8 Å². The SMILES string of the molecule is Nc1nc(N2CCC3(CC2)Cc2ccccc2C3N)n2ccnc2c1C(=O)N1CCCn2nccc21. The van der Waals surface area contributed by atoms with Crippen LogP contribution in [0.3, 0.4) is 0 Å². The first-order chi connectivity index (χ1) is 17.6. The molecule has 1 aromatic carbocycles. The average Bonchev–Trinajstić information content (AvgIpc) is 3.63. The van der Waals surface area contributed by atoms with Gasteiger partial charge in [-0.05, 0) is 42.2 Å². The smallest absolute Gasteiger partial charge is 0.266 e. The highest BCUT2D eigenvalue weighted by Gasteiger charge is 2.46. The van der Waals surface area contributed by atoms with Crippen LogP contribution in [0.5, 0.6) is 0 Å². The molecule has 4 aromatic rings. The molecule has 1 spiro atoms. The number of carbonyl (C=O) groups excluding carboxylic acids is 1. The second-order valence-electron chi connectivity index (χ2n) is 10.2. The summed E-state index contributed by atoms with van der Waals surface area (Å²) in [5.74, 6) is 1.50. The zero-order valence-electron chi connectivity index (χ0n) is 20.0. The van der Waals surface area contributed by atoms with Crippen molar-refractivity contribution in [1.82, 2.24) is 24.1 Å². The minimum atomic E-state index is -0.198. The van der Waals surface area contributed by atoms with Crippen LogP contribution in [0.4, 0.5) is 17.6 Å². The number of nitrogen functional groups attached to an aromatic ring is 1. The normalized spacial score (nSPS) is 20.6. The molecule has 1 fully saturated rings. The number of rotatable bonds is 2. The van der Waals surface area contributed by atoms with Crippen LogP contribution >= 0.6 is 0 Å². The number of nitrogens with zero attached hydrogens (tertiary/aromatic N) is 7. The second-order valence-corrected chi connectivity index (χ2v) is 10.2. The van der Waals surface area contributed by atoms with E-state index in [-0.39, 0.29) is 23.2 Å². The largest absolute Gasteiger partial charge is 0.383 e. The second kappa shape index (κ2) is 7.79. The summed E-state index contributed by atoms with van der Waals surface area (Å²) >= 11 is 0. The van der Waals surface area contributed by atoms with Crippen LogP contribution in [0, 0.1) is 5.41 Å². The Kier molecular flexibility index (Phi) is 4.62. The van der Waals surface area contributed by atoms with Crippen molar-refractivity contribution >= 4 is 29.1 Å². The van der Waals surface area contributed by atoms with Gasteiger partial charge in [0.05, 0.1) is 6.20 Å². The first-order valence-corrected chi connectivity index (χ1v) is 12.6. The maximum Gasteiger partial charge on any atom is 0.266 e. The van der Waals surface area contributed by atoms with Gasteiger partial charge in [0, 0.05) is 50.7 Å². The lowest BCUT2D eigenvalue weighted by molar-refractivity contribution is 0.0983. The van der Waals surface area contributed by atoms with Gasteiger partial charge in [-0.1, -0.05) is 24.3 Å². The molecule has 5 heterocycles. The molecule has 3 aromatic heterocycles. The number of piperidine rings is 1. The Labute approximate surface area is 208 Å². The third-order valence-electron chi connectivity index (χ3n) is 8.37.